The molecule has 0 unspecified atom stereocenters. The minimum Gasteiger partial charge on any atom is -0.387 e. The highest BCUT2D eigenvalue weighted by molar-refractivity contribution is 5.19. The van der Waals surface area contributed by atoms with Crippen LogP contribution in [0.2, 0.25) is 0 Å². The maximum atomic E-state index is 13.2. The van der Waals surface area contributed by atoms with Gasteiger partial charge < -0.3 is 9.63 Å². The molecule has 1 aliphatic heterocycles. The molecule has 22 heavy (non-hydrogen) atoms. The first kappa shape index (κ1) is 15.1. The second-order valence-corrected chi connectivity index (χ2v) is 5.85. The highest BCUT2D eigenvalue weighted by Crippen LogP contribution is 2.27. The van der Waals surface area contributed by atoms with Crippen LogP contribution in [0.4, 0.5) is 4.39 Å². The largest absolute Gasteiger partial charge is 0.387 e. The van der Waals surface area contributed by atoms with Gasteiger partial charge in [-0.15, -0.1) is 0 Å². The maximum Gasteiger partial charge on any atom is 0.231 e. The molecule has 1 aromatic heterocycles. The van der Waals surface area contributed by atoms with Crippen molar-refractivity contribution in [3.63, 3.8) is 0 Å². The van der Waals surface area contributed by atoms with Gasteiger partial charge in [-0.1, -0.05) is 17.3 Å². The van der Waals surface area contributed by atoms with E-state index in [1.807, 2.05) is 0 Å². The number of aromatic nitrogens is 2. The zero-order valence-corrected chi connectivity index (χ0v) is 12.6. The lowest BCUT2D eigenvalue weighted by atomic mass is 9.97. The van der Waals surface area contributed by atoms with Gasteiger partial charge in [0.25, 0.3) is 0 Å². The summed E-state index contributed by atoms with van der Waals surface area (Å²) in [5.41, 5.74) is 0.607. The van der Waals surface area contributed by atoms with E-state index in [9.17, 15) is 9.50 Å². The summed E-state index contributed by atoms with van der Waals surface area (Å²) < 4.78 is 18.5. The molecule has 2 aromatic rings. The predicted octanol–water partition coefficient (Wildman–Crippen LogP) is 2.43. The number of aliphatic hydroxyl groups excluding tert-OH is 1. The molecular weight excluding hydrogens is 285 g/mol. The second kappa shape index (κ2) is 6.54. The van der Waals surface area contributed by atoms with E-state index in [2.05, 4.69) is 15.0 Å². The molecule has 1 aromatic carbocycles. The fraction of sp³-hybridized carbons (Fsp3) is 0.500. The standard InChI is InChI=1S/C16H20FN3O2/c1-11-18-16(22-19-11)13-5-3-7-20(9-13)10-15(21)12-4-2-6-14(17)8-12/h2,4,6,8,13,15,21H,3,5,7,9-10H2,1H3/t13-,15+/m0/s1. The van der Waals surface area contributed by atoms with E-state index in [0.29, 0.717) is 23.8 Å². The number of piperidine rings is 1. The van der Waals surface area contributed by atoms with Gasteiger partial charge in [-0.05, 0) is 44.0 Å². The van der Waals surface area contributed by atoms with Crippen LogP contribution in [-0.2, 0) is 0 Å². The number of β-amino-alcohol motifs (C(OH)–C–C–N with tert-alkyl or cyclic N) is 1. The van der Waals surface area contributed by atoms with Gasteiger partial charge in [0.1, 0.15) is 5.82 Å². The summed E-state index contributed by atoms with van der Waals surface area (Å²) in [4.78, 5) is 6.47. The predicted molar refractivity (Wildman–Crippen MR) is 78.8 cm³/mol. The molecule has 5 nitrogen and oxygen atoms in total. The Morgan fingerprint density at radius 3 is 3.09 bits per heavy atom. The molecule has 0 spiro atoms. The Morgan fingerprint density at radius 1 is 1.50 bits per heavy atom. The van der Waals surface area contributed by atoms with Crippen LogP contribution in [0.25, 0.3) is 0 Å². The van der Waals surface area contributed by atoms with Crippen LogP contribution in [0.15, 0.2) is 28.8 Å². The fourth-order valence-corrected chi connectivity index (χ4v) is 2.97. The lowest BCUT2D eigenvalue weighted by Gasteiger charge is -2.32. The average Bonchev–Trinajstić information content (AvgIpc) is 2.94. The van der Waals surface area contributed by atoms with E-state index in [1.165, 1.54) is 12.1 Å². The number of hydrogen-bond acceptors (Lipinski definition) is 5. The Labute approximate surface area is 128 Å². The highest BCUT2D eigenvalue weighted by atomic mass is 19.1. The van der Waals surface area contributed by atoms with Gasteiger partial charge in [-0.25, -0.2) is 4.39 Å². The number of nitrogens with zero attached hydrogens (tertiary/aromatic N) is 3. The van der Waals surface area contributed by atoms with Crippen molar-refractivity contribution >= 4 is 0 Å². The lowest BCUT2D eigenvalue weighted by molar-refractivity contribution is 0.0908. The molecule has 0 bridgehead atoms. The molecule has 0 saturated carbocycles. The molecule has 2 atom stereocenters. The number of benzene rings is 1. The monoisotopic (exact) mass is 305 g/mol. The third-order valence-electron chi connectivity index (χ3n) is 4.06. The molecule has 1 aliphatic rings. The van der Waals surface area contributed by atoms with Gasteiger partial charge in [0.05, 0.1) is 12.0 Å². The summed E-state index contributed by atoms with van der Waals surface area (Å²) >= 11 is 0. The van der Waals surface area contributed by atoms with Crippen molar-refractivity contribution in [2.24, 2.45) is 0 Å². The first-order valence-corrected chi connectivity index (χ1v) is 7.58. The molecule has 3 rings (SSSR count). The Hall–Kier alpha value is -1.79. The zero-order chi connectivity index (χ0) is 15.5. The normalized spacial score (nSPS) is 21.0. The second-order valence-electron chi connectivity index (χ2n) is 5.85. The molecule has 0 radical (unpaired) electrons. The number of hydrogen-bond donors (Lipinski definition) is 1. The minimum atomic E-state index is -0.695. The Bertz CT molecular complexity index is 631. The molecule has 1 saturated heterocycles. The van der Waals surface area contributed by atoms with E-state index < -0.39 is 6.10 Å². The Morgan fingerprint density at radius 2 is 2.36 bits per heavy atom. The van der Waals surface area contributed by atoms with Crippen LogP contribution >= 0.6 is 0 Å². The van der Waals surface area contributed by atoms with Crippen LogP contribution < -0.4 is 0 Å². The zero-order valence-electron chi connectivity index (χ0n) is 12.6. The summed E-state index contributed by atoms with van der Waals surface area (Å²) in [6.07, 6.45) is 1.33. The average molecular weight is 305 g/mol. The van der Waals surface area contributed by atoms with Crippen LogP contribution in [0, 0.1) is 12.7 Å². The SMILES string of the molecule is Cc1noc([C@H]2CCCN(C[C@@H](O)c3cccc(F)c3)C2)n1. The molecule has 0 aliphatic carbocycles. The summed E-state index contributed by atoms with van der Waals surface area (Å²) in [7, 11) is 0. The van der Waals surface area contributed by atoms with Crippen LogP contribution in [0.5, 0.6) is 0 Å². The number of aryl methyl sites for hydroxylation is 1. The first-order chi connectivity index (χ1) is 10.6. The molecule has 2 heterocycles. The van der Waals surface area contributed by atoms with Gasteiger partial charge in [-0.3, -0.25) is 4.90 Å². The van der Waals surface area contributed by atoms with Crippen LogP contribution in [0.3, 0.4) is 0 Å². The lowest BCUT2D eigenvalue weighted by Crippen LogP contribution is -2.37. The minimum absolute atomic E-state index is 0.203. The smallest absolute Gasteiger partial charge is 0.231 e. The van der Waals surface area contributed by atoms with Gasteiger partial charge in [0.2, 0.25) is 5.89 Å². The van der Waals surface area contributed by atoms with Crippen molar-refractivity contribution in [2.45, 2.75) is 31.8 Å². The maximum absolute atomic E-state index is 13.2. The van der Waals surface area contributed by atoms with Gasteiger partial charge >= 0.3 is 0 Å². The van der Waals surface area contributed by atoms with E-state index >= 15 is 0 Å². The van der Waals surface area contributed by atoms with Gasteiger partial charge in [0, 0.05) is 13.1 Å². The van der Waals surface area contributed by atoms with Crippen LogP contribution in [-0.4, -0.2) is 39.8 Å². The van der Waals surface area contributed by atoms with Crippen molar-refractivity contribution < 1.29 is 14.0 Å². The first-order valence-electron chi connectivity index (χ1n) is 7.58. The van der Waals surface area contributed by atoms with Crippen molar-refractivity contribution in [1.29, 1.82) is 0 Å². The Kier molecular flexibility index (Phi) is 4.49. The van der Waals surface area contributed by atoms with Gasteiger partial charge in [0.15, 0.2) is 5.82 Å². The molecule has 0 amide bonds. The topological polar surface area (TPSA) is 62.4 Å². The van der Waals surface area contributed by atoms with Crippen molar-refractivity contribution in [3.05, 3.63) is 47.4 Å². The summed E-state index contributed by atoms with van der Waals surface area (Å²) in [5, 5.41) is 14.1. The third kappa shape index (κ3) is 3.51. The van der Waals surface area contributed by atoms with E-state index in [-0.39, 0.29) is 11.7 Å². The van der Waals surface area contributed by atoms with Crippen molar-refractivity contribution in [1.82, 2.24) is 15.0 Å². The van der Waals surface area contributed by atoms with Crippen molar-refractivity contribution in [3.8, 4) is 0 Å². The van der Waals surface area contributed by atoms with Crippen LogP contribution in [0.1, 0.15) is 42.1 Å². The molecule has 1 fully saturated rings. The molecule has 118 valence electrons. The van der Waals surface area contributed by atoms with E-state index in [4.69, 9.17) is 4.52 Å². The number of halogens is 1. The molecular formula is C16H20FN3O2. The summed E-state index contributed by atoms with van der Waals surface area (Å²) in [6, 6.07) is 6.13. The quantitative estimate of drug-likeness (QED) is 0.940. The molecule has 6 heteroatoms. The fourth-order valence-electron chi connectivity index (χ4n) is 2.97. The summed E-state index contributed by atoms with van der Waals surface area (Å²) in [5.74, 6) is 1.19. The Balaban J connectivity index is 1.62. The summed E-state index contributed by atoms with van der Waals surface area (Å²) in [6.45, 7) is 3.97. The highest BCUT2D eigenvalue weighted by Gasteiger charge is 2.27. The number of aliphatic hydroxyl groups is 1. The van der Waals surface area contributed by atoms with E-state index in [0.717, 1.165) is 25.9 Å². The molecule has 1 N–H and O–H groups in total. The van der Waals surface area contributed by atoms with Crippen molar-refractivity contribution in [2.75, 3.05) is 19.6 Å². The number of likely N-dealkylation sites (tertiary alicyclic amines) is 1. The van der Waals surface area contributed by atoms with E-state index in [1.54, 1.807) is 19.1 Å². The number of rotatable bonds is 4. The van der Waals surface area contributed by atoms with Gasteiger partial charge in [-0.2, -0.15) is 4.98 Å². The third-order valence-corrected chi connectivity index (χ3v) is 4.06.